The Bertz CT molecular complexity index is 831. The summed E-state index contributed by atoms with van der Waals surface area (Å²) < 4.78 is 7.08. The lowest BCUT2D eigenvalue weighted by Gasteiger charge is -2.34. The van der Waals surface area contributed by atoms with Crippen LogP contribution in [0.25, 0.3) is 11.0 Å². The molecule has 0 amide bonds. The Balaban J connectivity index is 1.65. The summed E-state index contributed by atoms with van der Waals surface area (Å²) in [7, 11) is 0. The van der Waals surface area contributed by atoms with E-state index in [-0.39, 0.29) is 18.6 Å². The lowest BCUT2D eigenvalue weighted by Crippen LogP contribution is -2.43. The molecule has 0 N–H and O–H groups in total. The van der Waals surface area contributed by atoms with Crippen molar-refractivity contribution in [1.82, 2.24) is 19.9 Å². The van der Waals surface area contributed by atoms with Gasteiger partial charge in [0.15, 0.2) is 0 Å². The normalized spacial score (nSPS) is 19.0. The fourth-order valence-corrected chi connectivity index (χ4v) is 2.92. The fourth-order valence-electron chi connectivity index (χ4n) is 2.92. The number of ether oxygens (including phenoxy) is 1. The molecule has 0 saturated carbocycles. The van der Waals surface area contributed by atoms with Crippen molar-refractivity contribution >= 4 is 17.0 Å². The average molecular weight is 308 g/mol. The first-order valence-corrected chi connectivity index (χ1v) is 7.54. The average Bonchev–Trinajstić information content (AvgIpc) is 2.99. The lowest BCUT2D eigenvalue weighted by molar-refractivity contribution is -0.156. The second-order valence-electron chi connectivity index (χ2n) is 5.58. The summed E-state index contributed by atoms with van der Waals surface area (Å²) in [4.78, 5) is 13.8. The number of fused-ring (bicyclic) bond motifs is 1. The van der Waals surface area contributed by atoms with Crippen molar-refractivity contribution in [1.29, 1.82) is 0 Å². The first-order valence-electron chi connectivity index (χ1n) is 7.54. The van der Waals surface area contributed by atoms with Crippen molar-refractivity contribution in [2.75, 3.05) is 13.2 Å². The van der Waals surface area contributed by atoms with Gasteiger partial charge in [-0.15, -0.1) is 5.10 Å². The van der Waals surface area contributed by atoms with Gasteiger partial charge >= 0.3 is 5.97 Å². The molecular formula is C17H16N4O2. The number of benzene rings is 2. The van der Waals surface area contributed by atoms with Gasteiger partial charge in [-0.1, -0.05) is 47.7 Å². The first kappa shape index (κ1) is 13.9. The summed E-state index contributed by atoms with van der Waals surface area (Å²) >= 11 is 0. The Morgan fingerprint density at radius 2 is 1.87 bits per heavy atom. The third-order valence-electron chi connectivity index (χ3n) is 4.10. The summed E-state index contributed by atoms with van der Waals surface area (Å²) in [5.74, 6) is -0.207. The van der Waals surface area contributed by atoms with Crippen molar-refractivity contribution in [3.63, 3.8) is 0 Å². The number of hydrogen-bond donors (Lipinski definition) is 0. The van der Waals surface area contributed by atoms with Crippen LogP contribution in [0.1, 0.15) is 11.6 Å². The maximum atomic E-state index is 11.7. The molecule has 0 unspecified atom stereocenters. The molecule has 1 aliphatic rings. The van der Waals surface area contributed by atoms with Crippen LogP contribution in [0.5, 0.6) is 0 Å². The molecule has 23 heavy (non-hydrogen) atoms. The second-order valence-corrected chi connectivity index (χ2v) is 5.58. The molecule has 4 rings (SSSR count). The number of nitrogens with zero attached hydrogens (tertiary/aromatic N) is 4. The minimum Gasteiger partial charge on any atom is -0.463 e. The number of rotatable bonds is 3. The summed E-state index contributed by atoms with van der Waals surface area (Å²) in [6, 6.07) is 17.9. The van der Waals surface area contributed by atoms with Crippen molar-refractivity contribution in [3.05, 3.63) is 60.2 Å². The van der Waals surface area contributed by atoms with Gasteiger partial charge in [-0.3, -0.25) is 9.69 Å². The first-order chi connectivity index (χ1) is 11.3. The van der Waals surface area contributed by atoms with E-state index >= 15 is 0 Å². The topological polar surface area (TPSA) is 60.2 Å². The maximum absolute atomic E-state index is 11.7. The molecule has 1 atom stereocenters. The quantitative estimate of drug-likeness (QED) is 0.693. The number of aromatic nitrogens is 3. The van der Waals surface area contributed by atoms with Crippen molar-refractivity contribution in [2.45, 2.75) is 12.7 Å². The number of para-hydroxylation sites is 1. The van der Waals surface area contributed by atoms with Crippen LogP contribution < -0.4 is 0 Å². The predicted octanol–water partition coefficient (Wildman–Crippen LogP) is 1.99. The summed E-state index contributed by atoms with van der Waals surface area (Å²) in [5.41, 5.74) is 2.94. The van der Waals surface area contributed by atoms with Crippen LogP contribution in [0.2, 0.25) is 0 Å². The molecule has 0 bridgehead atoms. The van der Waals surface area contributed by atoms with Crippen LogP contribution in [0, 0.1) is 0 Å². The van der Waals surface area contributed by atoms with Gasteiger partial charge in [-0.2, -0.15) is 0 Å². The minimum atomic E-state index is -0.207. The van der Waals surface area contributed by atoms with E-state index in [9.17, 15) is 4.79 Å². The Hall–Kier alpha value is -2.73. The standard InChI is InChI=1S/C17H16N4O2/c22-17-10-20(16(11-23-17)13-6-2-1-3-7-13)12-21-15-9-5-4-8-14(15)18-19-21/h1-9,16H,10-12H2/t16-/m1/s1. The monoisotopic (exact) mass is 308 g/mol. The summed E-state index contributed by atoms with van der Waals surface area (Å²) in [5, 5.41) is 8.39. The molecule has 2 heterocycles. The minimum absolute atomic E-state index is 0.0249. The molecule has 1 saturated heterocycles. The van der Waals surface area contributed by atoms with Gasteiger partial charge in [-0.05, 0) is 17.7 Å². The number of cyclic esters (lactones) is 1. The molecule has 0 radical (unpaired) electrons. The third kappa shape index (κ3) is 2.68. The van der Waals surface area contributed by atoms with E-state index in [4.69, 9.17) is 4.74 Å². The van der Waals surface area contributed by atoms with Crippen LogP contribution in [-0.4, -0.2) is 39.0 Å². The lowest BCUT2D eigenvalue weighted by atomic mass is 10.1. The molecule has 6 nitrogen and oxygen atoms in total. The third-order valence-corrected chi connectivity index (χ3v) is 4.10. The molecule has 6 heteroatoms. The molecule has 0 aliphatic carbocycles. The highest BCUT2D eigenvalue weighted by Crippen LogP contribution is 2.25. The highest BCUT2D eigenvalue weighted by Gasteiger charge is 2.30. The summed E-state index contributed by atoms with van der Waals surface area (Å²) in [6.45, 7) is 1.10. The number of hydrogen-bond acceptors (Lipinski definition) is 5. The zero-order valence-corrected chi connectivity index (χ0v) is 12.5. The van der Waals surface area contributed by atoms with Crippen molar-refractivity contribution in [3.8, 4) is 0 Å². The van der Waals surface area contributed by atoms with Gasteiger partial charge in [0.05, 0.1) is 24.8 Å². The van der Waals surface area contributed by atoms with E-state index in [0.29, 0.717) is 13.3 Å². The Morgan fingerprint density at radius 3 is 2.74 bits per heavy atom. The Kier molecular flexibility index (Phi) is 3.51. The van der Waals surface area contributed by atoms with Crippen LogP contribution in [0.4, 0.5) is 0 Å². The second kappa shape index (κ2) is 5.81. The van der Waals surface area contributed by atoms with Gasteiger partial charge in [0, 0.05) is 0 Å². The van der Waals surface area contributed by atoms with Crippen LogP contribution >= 0.6 is 0 Å². The van der Waals surface area contributed by atoms with Gasteiger partial charge < -0.3 is 4.74 Å². The highest BCUT2D eigenvalue weighted by atomic mass is 16.5. The van der Waals surface area contributed by atoms with Gasteiger partial charge in [-0.25, -0.2) is 4.68 Å². The number of carbonyl (C=O) groups excluding carboxylic acids is 1. The van der Waals surface area contributed by atoms with E-state index in [1.165, 1.54) is 0 Å². The SMILES string of the molecule is O=C1CN(Cn2nnc3ccccc32)[C@@H](c2ccccc2)CO1. The Morgan fingerprint density at radius 1 is 1.09 bits per heavy atom. The molecule has 1 aliphatic heterocycles. The fraction of sp³-hybridized carbons (Fsp3) is 0.235. The molecular weight excluding hydrogens is 292 g/mol. The van der Waals surface area contributed by atoms with Gasteiger partial charge in [0.1, 0.15) is 12.1 Å². The summed E-state index contributed by atoms with van der Waals surface area (Å²) in [6.07, 6.45) is 0. The van der Waals surface area contributed by atoms with Crippen LogP contribution in [0.3, 0.4) is 0 Å². The van der Waals surface area contributed by atoms with Crippen molar-refractivity contribution < 1.29 is 9.53 Å². The number of esters is 1. The molecule has 1 aromatic heterocycles. The largest absolute Gasteiger partial charge is 0.463 e. The zero-order valence-electron chi connectivity index (χ0n) is 12.5. The van der Waals surface area contributed by atoms with E-state index < -0.39 is 0 Å². The smallest absolute Gasteiger partial charge is 0.320 e. The van der Waals surface area contributed by atoms with Gasteiger partial charge in [0.25, 0.3) is 0 Å². The van der Waals surface area contributed by atoms with Crippen LogP contribution in [-0.2, 0) is 16.2 Å². The predicted molar refractivity (Wildman–Crippen MR) is 84.4 cm³/mol. The molecule has 2 aromatic carbocycles. The zero-order chi connectivity index (χ0) is 15.6. The Labute approximate surface area is 133 Å². The van der Waals surface area contributed by atoms with E-state index in [0.717, 1.165) is 16.6 Å². The highest BCUT2D eigenvalue weighted by molar-refractivity contribution is 5.74. The molecule has 116 valence electrons. The van der Waals surface area contributed by atoms with E-state index in [1.54, 1.807) is 0 Å². The maximum Gasteiger partial charge on any atom is 0.320 e. The number of morpholine rings is 1. The van der Waals surface area contributed by atoms with Gasteiger partial charge in [0.2, 0.25) is 0 Å². The number of carbonyl (C=O) groups is 1. The van der Waals surface area contributed by atoms with E-state index in [2.05, 4.69) is 27.3 Å². The molecule has 1 fully saturated rings. The van der Waals surface area contributed by atoms with Crippen LogP contribution in [0.15, 0.2) is 54.6 Å². The van der Waals surface area contributed by atoms with E-state index in [1.807, 2.05) is 47.1 Å². The molecule has 0 spiro atoms. The van der Waals surface area contributed by atoms with Crippen molar-refractivity contribution in [2.24, 2.45) is 0 Å². The molecule has 3 aromatic rings.